The second-order valence-electron chi connectivity index (χ2n) is 10.1. The zero-order valence-electron chi connectivity index (χ0n) is 22.4. The third kappa shape index (κ3) is 8.85. The molecule has 0 bridgehead atoms. The van der Waals surface area contributed by atoms with Gasteiger partial charge in [-0.2, -0.15) is 0 Å². The van der Waals surface area contributed by atoms with Crippen molar-refractivity contribution in [2.45, 2.75) is 77.9 Å². The van der Waals surface area contributed by atoms with Crippen LogP contribution in [-0.2, 0) is 29.0 Å². The lowest BCUT2D eigenvalue weighted by Crippen LogP contribution is -2.52. The van der Waals surface area contributed by atoms with Crippen molar-refractivity contribution in [2.24, 2.45) is 0 Å². The third-order valence-corrected chi connectivity index (χ3v) is 7.34. The quantitative estimate of drug-likeness (QED) is 0.257. The number of carbonyl (C=O) groups excluding carboxylic acids is 2. The summed E-state index contributed by atoms with van der Waals surface area (Å²) in [6, 6.07) is 25.8. The van der Waals surface area contributed by atoms with Gasteiger partial charge in [-0.25, -0.2) is 0 Å². The maximum absolute atomic E-state index is 13.8. The molecule has 0 unspecified atom stereocenters. The van der Waals surface area contributed by atoms with Crippen LogP contribution in [0.4, 0.5) is 0 Å². The lowest BCUT2D eigenvalue weighted by molar-refractivity contribution is -0.141. The molecule has 3 rings (SSSR count). The molecule has 0 aliphatic carbocycles. The lowest BCUT2D eigenvalue weighted by atomic mass is 9.99. The third-order valence-electron chi connectivity index (χ3n) is 6.81. The van der Waals surface area contributed by atoms with Crippen molar-refractivity contribution in [2.75, 3.05) is 0 Å². The molecule has 3 aromatic carbocycles. The fraction of sp³-hybridized carbons (Fsp3) is 0.375. The first-order valence-electron chi connectivity index (χ1n) is 13.2. The summed E-state index contributed by atoms with van der Waals surface area (Å²) in [7, 11) is 0. The van der Waals surface area contributed by atoms with E-state index in [9.17, 15) is 9.59 Å². The highest BCUT2D eigenvalue weighted by molar-refractivity contribution is 9.10. The topological polar surface area (TPSA) is 49.4 Å². The van der Waals surface area contributed by atoms with Crippen molar-refractivity contribution >= 4 is 27.7 Å². The van der Waals surface area contributed by atoms with Crippen molar-refractivity contribution in [3.05, 3.63) is 106 Å². The van der Waals surface area contributed by atoms with Crippen LogP contribution in [0.2, 0.25) is 0 Å². The molecule has 0 spiro atoms. The van der Waals surface area contributed by atoms with E-state index in [1.54, 1.807) is 4.90 Å². The molecule has 1 N–H and O–H groups in total. The van der Waals surface area contributed by atoms with Crippen molar-refractivity contribution in [1.82, 2.24) is 10.2 Å². The molecule has 4 nitrogen and oxygen atoms in total. The summed E-state index contributed by atoms with van der Waals surface area (Å²) in [5, 5.41) is 3.13. The Morgan fingerprint density at radius 1 is 0.838 bits per heavy atom. The smallest absolute Gasteiger partial charge is 0.243 e. The molecule has 2 amide bonds. The SMILES string of the molecule is CC[C@H](C)NC(=O)[C@H](Cc1ccccc1)N(Cc1ccc(Br)cc1)C(=O)CCc1ccc(C(C)C)cc1. The number of amides is 2. The summed E-state index contributed by atoms with van der Waals surface area (Å²) in [6.45, 7) is 8.78. The highest BCUT2D eigenvalue weighted by atomic mass is 79.9. The van der Waals surface area contributed by atoms with Gasteiger partial charge in [0.2, 0.25) is 11.8 Å². The van der Waals surface area contributed by atoms with Gasteiger partial charge in [-0.05, 0) is 60.1 Å². The van der Waals surface area contributed by atoms with E-state index in [4.69, 9.17) is 0 Å². The van der Waals surface area contributed by atoms with Crippen molar-refractivity contribution in [3.8, 4) is 0 Å². The molecule has 0 saturated carbocycles. The first kappa shape index (κ1) is 28.6. The van der Waals surface area contributed by atoms with Crippen LogP contribution in [0.25, 0.3) is 0 Å². The van der Waals surface area contributed by atoms with Crippen LogP contribution in [0.3, 0.4) is 0 Å². The van der Waals surface area contributed by atoms with Crippen LogP contribution < -0.4 is 5.32 Å². The van der Waals surface area contributed by atoms with Gasteiger partial charge in [-0.1, -0.05) is 103 Å². The maximum Gasteiger partial charge on any atom is 0.243 e. The fourth-order valence-electron chi connectivity index (χ4n) is 4.25. The van der Waals surface area contributed by atoms with Crippen LogP contribution in [0.15, 0.2) is 83.3 Å². The Morgan fingerprint density at radius 3 is 2.05 bits per heavy atom. The van der Waals surface area contributed by atoms with Crippen LogP contribution in [0, 0.1) is 0 Å². The molecule has 3 aromatic rings. The predicted molar refractivity (Wildman–Crippen MR) is 155 cm³/mol. The molecule has 37 heavy (non-hydrogen) atoms. The van der Waals surface area contributed by atoms with Gasteiger partial charge in [0, 0.05) is 29.9 Å². The van der Waals surface area contributed by atoms with E-state index in [2.05, 4.69) is 59.4 Å². The van der Waals surface area contributed by atoms with Gasteiger partial charge in [0.1, 0.15) is 6.04 Å². The van der Waals surface area contributed by atoms with E-state index >= 15 is 0 Å². The number of hydrogen-bond acceptors (Lipinski definition) is 2. The minimum atomic E-state index is -0.601. The zero-order chi connectivity index (χ0) is 26.8. The predicted octanol–water partition coefficient (Wildman–Crippen LogP) is 7.06. The Bertz CT molecular complexity index is 1130. The fourth-order valence-corrected chi connectivity index (χ4v) is 4.51. The Labute approximate surface area is 230 Å². The van der Waals surface area contributed by atoms with Crippen molar-refractivity contribution < 1.29 is 9.59 Å². The number of benzene rings is 3. The highest BCUT2D eigenvalue weighted by Crippen LogP contribution is 2.20. The summed E-state index contributed by atoms with van der Waals surface area (Å²) >= 11 is 3.49. The Morgan fingerprint density at radius 2 is 1.46 bits per heavy atom. The number of nitrogens with one attached hydrogen (secondary N) is 1. The average molecular weight is 564 g/mol. The lowest BCUT2D eigenvalue weighted by Gasteiger charge is -2.32. The number of nitrogens with zero attached hydrogens (tertiary/aromatic N) is 1. The standard InChI is InChI=1S/C32H39BrN2O2/c1-5-24(4)34-32(37)30(21-26-9-7-6-8-10-26)35(22-27-13-18-29(33)19-14-27)31(36)20-15-25-11-16-28(17-12-25)23(2)3/h6-14,16-19,23-24,30H,5,15,20-22H2,1-4H3,(H,34,37)/t24-,30-/m0/s1. The second kappa shape index (κ2) is 14.1. The van der Waals surface area contributed by atoms with Crippen LogP contribution in [0.1, 0.15) is 68.7 Å². The molecule has 0 aliphatic heterocycles. The van der Waals surface area contributed by atoms with Crippen molar-refractivity contribution in [3.63, 3.8) is 0 Å². The molecule has 2 atom stereocenters. The molecular weight excluding hydrogens is 524 g/mol. The van der Waals surface area contributed by atoms with E-state index in [1.807, 2.05) is 68.4 Å². The first-order chi connectivity index (χ1) is 17.8. The van der Waals surface area contributed by atoms with Gasteiger partial charge in [-0.15, -0.1) is 0 Å². The van der Waals surface area contributed by atoms with E-state index < -0.39 is 6.04 Å². The van der Waals surface area contributed by atoms with E-state index in [1.165, 1.54) is 5.56 Å². The van der Waals surface area contributed by atoms with Crippen LogP contribution >= 0.6 is 15.9 Å². The van der Waals surface area contributed by atoms with E-state index in [0.717, 1.165) is 27.6 Å². The molecule has 5 heteroatoms. The number of aryl methyl sites for hydroxylation is 1. The summed E-state index contributed by atoms with van der Waals surface area (Å²) in [5.41, 5.74) is 4.44. The molecule has 0 radical (unpaired) electrons. The van der Waals surface area contributed by atoms with Crippen LogP contribution in [-0.4, -0.2) is 28.8 Å². The summed E-state index contributed by atoms with van der Waals surface area (Å²) in [6.07, 6.45) is 2.28. The number of rotatable bonds is 12. The average Bonchev–Trinajstić information content (AvgIpc) is 2.91. The Hall–Kier alpha value is -2.92. The number of carbonyl (C=O) groups is 2. The molecule has 0 fully saturated rings. The monoisotopic (exact) mass is 562 g/mol. The number of hydrogen-bond donors (Lipinski definition) is 1. The Kier molecular flexibility index (Phi) is 10.9. The Balaban J connectivity index is 1.88. The minimum absolute atomic E-state index is 0.0175. The zero-order valence-corrected chi connectivity index (χ0v) is 24.0. The van der Waals surface area contributed by atoms with E-state index in [0.29, 0.717) is 31.7 Å². The summed E-state index contributed by atoms with van der Waals surface area (Å²) in [5.74, 6) is 0.348. The summed E-state index contributed by atoms with van der Waals surface area (Å²) in [4.78, 5) is 29.1. The van der Waals surface area contributed by atoms with Crippen molar-refractivity contribution in [1.29, 1.82) is 0 Å². The normalized spacial score (nSPS) is 12.7. The molecule has 0 aliphatic rings. The van der Waals surface area contributed by atoms with Gasteiger partial charge in [0.15, 0.2) is 0 Å². The largest absolute Gasteiger partial charge is 0.352 e. The van der Waals surface area contributed by atoms with Gasteiger partial charge in [0.05, 0.1) is 0 Å². The molecule has 196 valence electrons. The molecule has 0 heterocycles. The van der Waals surface area contributed by atoms with Crippen LogP contribution in [0.5, 0.6) is 0 Å². The van der Waals surface area contributed by atoms with E-state index in [-0.39, 0.29) is 17.9 Å². The van der Waals surface area contributed by atoms with Gasteiger partial charge >= 0.3 is 0 Å². The molecule has 0 aromatic heterocycles. The number of halogens is 1. The highest BCUT2D eigenvalue weighted by Gasteiger charge is 2.30. The summed E-state index contributed by atoms with van der Waals surface area (Å²) < 4.78 is 0.981. The molecule has 0 saturated heterocycles. The minimum Gasteiger partial charge on any atom is -0.352 e. The first-order valence-corrected chi connectivity index (χ1v) is 14.0. The van der Waals surface area contributed by atoms with Gasteiger partial charge < -0.3 is 10.2 Å². The second-order valence-corrected chi connectivity index (χ2v) is 11.0. The maximum atomic E-state index is 13.8. The van der Waals surface area contributed by atoms with Gasteiger partial charge in [0.25, 0.3) is 0 Å². The molecular formula is C32H39BrN2O2. The van der Waals surface area contributed by atoms with Gasteiger partial charge in [-0.3, -0.25) is 9.59 Å².